The first-order valence-corrected chi connectivity index (χ1v) is 8.79. The van der Waals surface area contributed by atoms with E-state index in [0.29, 0.717) is 13.0 Å². The number of pyridine rings is 1. The van der Waals surface area contributed by atoms with Crippen LogP contribution >= 0.6 is 0 Å². The van der Waals surface area contributed by atoms with E-state index in [-0.39, 0.29) is 15.9 Å². The molecule has 1 aromatic carbocycles. The lowest BCUT2D eigenvalue weighted by Gasteiger charge is -2.07. The number of sulfonamides is 1. The standard InChI is InChI=1S/C16H19N3O4S/c1-17-24(22,23)13-5-3-12(4-6-13)7-9-18-16(21)14-11-19(2)10-8-15(14)20/h3-6,8,10-11,17H,7,9H2,1-2H3,(H,18,21). The van der Waals surface area contributed by atoms with Gasteiger partial charge in [-0.05, 0) is 31.2 Å². The van der Waals surface area contributed by atoms with Crippen LogP contribution in [0.2, 0.25) is 0 Å². The lowest BCUT2D eigenvalue weighted by molar-refractivity contribution is 0.0952. The number of hydrogen-bond donors (Lipinski definition) is 2. The van der Waals surface area contributed by atoms with Crippen LogP contribution in [-0.2, 0) is 23.5 Å². The van der Waals surface area contributed by atoms with E-state index in [9.17, 15) is 18.0 Å². The number of aromatic nitrogens is 1. The van der Waals surface area contributed by atoms with Crippen LogP contribution < -0.4 is 15.5 Å². The second-order valence-corrected chi connectivity index (χ2v) is 7.13. The molecular formula is C16H19N3O4S. The topological polar surface area (TPSA) is 97.3 Å². The fraction of sp³-hybridized carbons (Fsp3) is 0.250. The van der Waals surface area contributed by atoms with Crippen LogP contribution in [0.15, 0.2) is 52.4 Å². The molecule has 0 aliphatic heterocycles. The second-order valence-electron chi connectivity index (χ2n) is 5.25. The van der Waals surface area contributed by atoms with Crippen molar-refractivity contribution in [1.29, 1.82) is 0 Å². The SMILES string of the molecule is CNS(=O)(=O)c1ccc(CCNC(=O)c2cn(C)ccc2=O)cc1. The third kappa shape index (κ3) is 4.30. The lowest BCUT2D eigenvalue weighted by atomic mass is 10.1. The molecule has 1 amide bonds. The van der Waals surface area contributed by atoms with Crippen molar-refractivity contribution < 1.29 is 13.2 Å². The van der Waals surface area contributed by atoms with Gasteiger partial charge in [0.1, 0.15) is 5.56 Å². The summed E-state index contributed by atoms with van der Waals surface area (Å²) < 4.78 is 27.1. The minimum Gasteiger partial charge on any atom is -0.356 e. The zero-order valence-corrected chi connectivity index (χ0v) is 14.3. The van der Waals surface area contributed by atoms with Crippen LogP contribution in [0, 0.1) is 0 Å². The summed E-state index contributed by atoms with van der Waals surface area (Å²) in [7, 11) is -0.364. The van der Waals surface area contributed by atoms with E-state index < -0.39 is 15.9 Å². The highest BCUT2D eigenvalue weighted by atomic mass is 32.2. The molecule has 0 unspecified atom stereocenters. The molecule has 2 aromatic rings. The molecule has 0 aliphatic rings. The molecule has 0 saturated heterocycles. The van der Waals surface area contributed by atoms with Gasteiger partial charge < -0.3 is 9.88 Å². The molecule has 0 atom stereocenters. The minimum absolute atomic E-state index is 0.0930. The van der Waals surface area contributed by atoms with E-state index in [1.807, 2.05) is 0 Å². The predicted octanol–water partition coefficient (Wildman–Crippen LogP) is 0.266. The Bertz CT molecular complexity index is 886. The van der Waals surface area contributed by atoms with Gasteiger partial charge in [0.2, 0.25) is 10.0 Å². The summed E-state index contributed by atoms with van der Waals surface area (Å²) in [6.45, 7) is 0.342. The zero-order valence-electron chi connectivity index (χ0n) is 13.4. The van der Waals surface area contributed by atoms with Crippen molar-refractivity contribution in [3.63, 3.8) is 0 Å². The van der Waals surface area contributed by atoms with E-state index in [4.69, 9.17) is 0 Å². The fourth-order valence-electron chi connectivity index (χ4n) is 2.12. The van der Waals surface area contributed by atoms with Crippen LogP contribution in [0.25, 0.3) is 0 Å². The summed E-state index contributed by atoms with van der Waals surface area (Å²) in [4.78, 5) is 23.9. The summed E-state index contributed by atoms with van der Waals surface area (Å²) in [6, 6.07) is 7.75. The van der Waals surface area contributed by atoms with Gasteiger partial charge in [0.05, 0.1) is 4.90 Å². The maximum absolute atomic E-state index is 12.0. The van der Waals surface area contributed by atoms with E-state index in [1.165, 1.54) is 31.4 Å². The van der Waals surface area contributed by atoms with Gasteiger partial charge in [0.25, 0.3) is 5.91 Å². The number of rotatable bonds is 6. The molecule has 2 rings (SSSR count). The molecule has 0 spiro atoms. The van der Waals surface area contributed by atoms with Gasteiger partial charge in [-0.25, -0.2) is 13.1 Å². The van der Waals surface area contributed by atoms with Crippen molar-refractivity contribution in [2.75, 3.05) is 13.6 Å². The molecule has 0 aliphatic carbocycles. The van der Waals surface area contributed by atoms with Gasteiger partial charge in [-0.3, -0.25) is 9.59 Å². The summed E-state index contributed by atoms with van der Waals surface area (Å²) >= 11 is 0. The Hall–Kier alpha value is -2.45. The summed E-state index contributed by atoms with van der Waals surface area (Å²) in [5, 5.41) is 2.69. The van der Waals surface area contributed by atoms with E-state index >= 15 is 0 Å². The number of benzene rings is 1. The fourth-order valence-corrected chi connectivity index (χ4v) is 2.85. The van der Waals surface area contributed by atoms with E-state index in [0.717, 1.165) is 5.56 Å². The van der Waals surface area contributed by atoms with Gasteiger partial charge in [0.15, 0.2) is 5.43 Å². The van der Waals surface area contributed by atoms with Gasteiger partial charge in [-0.1, -0.05) is 12.1 Å². The molecule has 1 heterocycles. The highest BCUT2D eigenvalue weighted by Crippen LogP contribution is 2.10. The first-order valence-electron chi connectivity index (χ1n) is 7.30. The summed E-state index contributed by atoms with van der Waals surface area (Å²) in [5.41, 5.74) is 0.647. The van der Waals surface area contributed by atoms with Gasteiger partial charge in [-0.2, -0.15) is 0 Å². The summed E-state index contributed by atoms with van der Waals surface area (Å²) in [6.07, 6.45) is 3.59. The average Bonchev–Trinajstić information content (AvgIpc) is 2.57. The Kier molecular flexibility index (Phi) is 5.53. The number of nitrogens with zero attached hydrogens (tertiary/aromatic N) is 1. The molecule has 24 heavy (non-hydrogen) atoms. The monoisotopic (exact) mass is 349 g/mol. The van der Waals surface area contributed by atoms with Crippen molar-refractivity contribution in [2.45, 2.75) is 11.3 Å². The maximum Gasteiger partial charge on any atom is 0.256 e. The second kappa shape index (κ2) is 7.41. The van der Waals surface area contributed by atoms with Crippen molar-refractivity contribution in [3.05, 3.63) is 64.1 Å². The number of carbonyl (C=O) groups is 1. The number of nitrogens with one attached hydrogen (secondary N) is 2. The number of hydrogen-bond acceptors (Lipinski definition) is 4. The van der Waals surface area contributed by atoms with Gasteiger partial charge in [0, 0.05) is 32.1 Å². The van der Waals surface area contributed by atoms with Crippen LogP contribution in [0.4, 0.5) is 0 Å². The maximum atomic E-state index is 12.0. The molecule has 8 heteroatoms. The Morgan fingerprint density at radius 3 is 2.46 bits per heavy atom. The van der Waals surface area contributed by atoms with Gasteiger partial charge in [-0.15, -0.1) is 0 Å². The molecule has 128 valence electrons. The highest BCUT2D eigenvalue weighted by Gasteiger charge is 2.11. The zero-order chi connectivity index (χ0) is 17.7. The Balaban J connectivity index is 1.96. The molecule has 0 bridgehead atoms. The molecule has 0 fully saturated rings. The average molecular weight is 349 g/mol. The van der Waals surface area contributed by atoms with Crippen molar-refractivity contribution in [3.8, 4) is 0 Å². The first-order chi connectivity index (χ1) is 11.3. The van der Waals surface area contributed by atoms with Crippen LogP contribution in [0.3, 0.4) is 0 Å². The molecule has 7 nitrogen and oxygen atoms in total. The van der Waals surface area contributed by atoms with Crippen molar-refractivity contribution in [1.82, 2.24) is 14.6 Å². The highest BCUT2D eigenvalue weighted by molar-refractivity contribution is 7.89. The van der Waals surface area contributed by atoms with Crippen LogP contribution in [-0.4, -0.2) is 32.5 Å². The smallest absolute Gasteiger partial charge is 0.256 e. The normalized spacial score (nSPS) is 11.2. The Labute approximate surface area is 140 Å². The predicted molar refractivity (Wildman–Crippen MR) is 90.4 cm³/mol. The van der Waals surface area contributed by atoms with Crippen molar-refractivity contribution >= 4 is 15.9 Å². The third-order valence-corrected chi connectivity index (χ3v) is 4.94. The third-order valence-electron chi connectivity index (χ3n) is 3.51. The number of aryl methyl sites for hydroxylation is 1. The van der Waals surface area contributed by atoms with Crippen molar-refractivity contribution in [2.24, 2.45) is 7.05 Å². The van der Waals surface area contributed by atoms with Gasteiger partial charge >= 0.3 is 0 Å². The van der Waals surface area contributed by atoms with E-state index in [2.05, 4.69) is 10.0 Å². The molecule has 0 radical (unpaired) electrons. The quantitative estimate of drug-likeness (QED) is 0.782. The minimum atomic E-state index is -3.45. The van der Waals surface area contributed by atoms with Crippen LogP contribution in [0.1, 0.15) is 15.9 Å². The molecule has 2 N–H and O–H groups in total. The first kappa shape index (κ1) is 17.9. The lowest BCUT2D eigenvalue weighted by Crippen LogP contribution is -2.30. The largest absolute Gasteiger partial charge is 0.356 e. The Morgan fingerprint density at radius 1 is 1.17 bits per heavy atom. The number of amides is 1. The summed E-state index contributed by atoms with van der Waals surface area (Å²) in [5.74, 6) is -0.425. The number of carbonyl (C=O) groups excluding carboxylic acids is 1. The van der Waals surface area contributed by atoms with E-state index in [1.54, 1.807) is 29.9 Å². The molecule has 1 aromatic heterocycles. The molecular weight excluding hydrogens is 330 g/mol. The van der Waals surface area contributed by atoms with Crippen LogP contribution in [0.5, 0.6) is 0 Å². The Morgan fingerprint density at radius 2 is 1.83 bits per heavy atom. The molecule has 0 saturated carbocycles.